The number of rotatable bonds is 4. The molecule has 2 aliphatic heterocycles. The van der Waals surface area contributed by atoms with Crippen LogP contribution in [0.5, 0.6) is 0 Å². The average Bonchev–Trinajstić information content (AvgIpc) is 3.39. The molecular formula is C32H41ClN4O2. The molecular weight excluding hydrogens is 508 g/mol. The van der Waals surface area contributed by atoms with E-state index < -0.39 is 0 Å². The Morgan fingerprint density at radius 3 is 2.62 bits per heavy atom. The number of nitrogens with zero attached hydrogens (tertiary/aromatic N) is 2. The Hall–Kier alpha value is -2.44. The van der Waals surface area contributed by atoms with Crippen LogP contribution in [0.1, 0.15) is 93.5 Å². The van der Waals surface area contributed by atoms with E-state index >= 15 is 0 Å². The lowest BCUT2D eigenvalue weighted by Crippen LogP contribution is -2.55. The summed E-state index contributed by atoms with van der Waals surface area (Å²) in [6.07, 6.45) is 10.0. The fourth-order valence-electron chi connectivity index (χ4n) is 8.29. The van der Waals surface area contributed by atoms with Gasteiger partial charge in [0.25, 0.3) is 0 Å². The summed E-state index contributed by atoms with van der Waals surface area (Å²) in [5, 5.41) is 7.10. The van der Waals surface area contributed by atoms with Crippen molar-refractivity contribution in [2.75, 3.05) is 19.6 Å². The van der Waals surface area contributed by atoms with Crippen molar-refractivity contribution in [1.82, 2.24) is 20.5 Å². The van der Waals surface area contributed by atoms with Crippen molar-refractivity contribution in [3.05, 3.63) is 64.4 Å². The molecule has 2 aromatic rings. The first-order chi connectivity index (χ1) is 19.0. The molecule has 5 atom stereocenters. The minimum atomic E-state index is -0.327. The first-order valence-corrected chi connectivity index (χ1v) is 15.3. The first kappa shape index (κ1) is 26.8. The molecule has 1 aromatic carbocycles. The maximum absolute atomic E-state index is 14.7. The topological polar surface area (TPSA) is 74.3 Å². The summed E-state index contributed by atoms with van der Waals surface area (Å²) in [6.45, 7) is 3.80. The SMILES string of the molecule is CC(=O)NC1CCC2(CNCC2C(=O)N2CCC(c3ccccc3)CC2C2CCCCC2)c2ccc(Cl)nc21. The number of pyridine rings is 1. The van der Waals surface area contributed by atoms with E-state index in [2.05, 4.69) is 51.9 Å². The predicted molar refractivity (Wildman–Crippen MR) is 154 cm³/mol. The molecule has 1 saturated carbocycles. The van der Waals surface area contributed by atoms with Gasteiger partial charge in [-0.15, -0.1) is 0 Å². The highest BCUT2D eigenvalue weighted by Crippen LogP contribution is 2.49. The van der Waals surface area contributed by atoms with Crippen LogP contribution in [-0.2, 0) is 15.0 Å². The molecule has 5 unspecified atom stereocenters. The van der Waals surface area contributed by atoms with Gasteiger partial charge in [0, 0.05) is 38.0 Å². The van der Waals surface area contributed by atoms with Crippen molar-refractivity contribution in [2.24, 2.45) is 11.8 Å². The van der Waals surface area contributed by atoms with Gasteiger partial charge in [0.2, 0.25) is 11.8 Å². The summed E-state index contributed by atoms with van der Waals surface area (Å²) in [6, 6.07) is 14.9. The molecule has 2 N–H and O–H groups in total. The van der Waals surface area contributed by atoms with E-state index in [1.807, 2.05) is 6.07 Å². The number of likely N-dealkylation sites (tertiary alicyclic amines) is 1. The Balaban J connectivity index is 1.31. The number of hydrogen-bond donors (Lipinski definition) is 2. The molecule has 1 aromatic heterocycles. The molecule has 4 aliphatic rings. The van der Waals surface area contributed by atoms with E-state index in [1.54, 1.807) is 6.92 Å². The highest BCUT2D eigenvalue weighted by molar-refractivity contribution is 6.29. The lowest BCUT2D eigenvalue weighted by atomic mass is 9.63. The second kappa shape index (κ2) is 11.2. The minimum Gasteiger partial charge on any atom is -0.348 e. The van der Waals surface area contributed by atoms with E-state index in [0.717, 1.165) is 50.0 Å². The molecule has 6 rings (SSSR count). The highest BCUT2D eigenvalue weighted by atomic mass is 35.5. The average molecular weight is 549 g/mol. The van der Waals surface area contributed by atoms with Gasteiger partial charge >= 0.3 is 0 Å². The Morgan fingerprint density at radius 1 is 1.05 bits per heavy atom. The quantitative estimate of drug-likeness (QED) is 0.493. The third-order valence-corrected chi connectivity index (χ3v) is 10.4. The van der Waals surface area contributed by atoms with Gasteiger partial charge < -0.3 is 15.5 Å². The number of carbonyl (C=O) groups is 2. The summed E-state index contributed by atoms with van der Waals surface area (Å²) < 4.78 is 0. The molecule has 39 heavy (non-hydrogen) atoms. The van der Waals surface area contributed by atoms with Gasteiger partial charge in [-0.3, -0.25) is 9.59 Å². The molecule has 208 valence electrons. The molecule has 2 amide bonds. The second-order valence-electron chi connectivity index (χ2n) is 12.3. The number of carbonyl (C=O) groups excluding carboxylic acids is 2. The Kier molecular flexibility index (Phi) is 7.69. The van der Waals surface area contributed by atoms with Crippen LogP contribution in [0.2, 0.25) is 5.15 Å². The van der Waals surface area contributed by atoms with Crippen molar-refractivity contribution in [2.45, 2.75) is 88.1 Å². The first-order valence-electron chi connectivity index (χ1n) is 15.0. The van der Waals surface area contributed by atoms with Gasteiger partial charge in [0.1, 0.15) is 5.15 Å². The monoisotopic (exact) mass is 548 g/mol. The molecule has 0 radical (unpaired) electrons. The van der Waals surface area contributed by atoms with Crippen LogP contribution in [-0.4, -0.2) is 47.4 Å². The summed E-state index contributed by atoms with van der Waals surface area (Å²) in [4.78, 5) is 33.7. The number of piperidine rings is 1. The number of amides is 2. The van der Waals surface area contributed by atoms with Gasteiger partial charge in [-0.2, -0.15) is 0 Å². The van der Waals surface area contributed by atoms with E-state index in [-0.39, 0.29) is 23.3 Å². The van der Waals surface area contributed by atoms with E-state index in [4.69, 9.17) is 16.6 Å². The van der Waals surface area contributed by atoms with Gasteiger partial charge in [-0.25, -0.2) is 4.98 Å². The molecule has 6 nitrogen and oxygen atoms in total. The molecule has 3 heterocycles. The van der Waals surface area contributed by atoms with Crippen LogP contribution in [0, 0.1) is 11.8 Å². The highest BCUT2D eigenvalue weighted by Gasteiger charge is 2.54. The Morgan fingerprint density at radius 2 is 1.85 bits per heavy atom. The normalized spacial score (nSPS) is 31.2. The minimum absolute atomic E-state index is 0.0718. The number of hydrogen-bond acceptors (Lipinski definition) is 4. The van der Waals surface area contributed by atoms with E-state index in [1.165, 1.54) is 37.7 Å². The fraction of sp³-hybridized carbons (Fsp3) is 0.594. The van der Waals surface area contributed by atoms with Gasteiger partial charge in [-0.1, -0.05) is 67.3 Å². The number of nitrogens with one attached hydrogen (secondary N) is 2. The summed E-state index contributed by atoms with van der Waals surface area (Å²) in [7, 11) is 0. The zero-order chi connectivity index (χ0) is 27.0. The van der Waals surface area contributed by atoms with Gasteiger partial charge in [0.05, 0.1) is 17.7 Å². The maximum Gasteiger partial charge on any atom is 0.228 e. The predicted octanol–water partition coefficient (Wildman–Crippen LogP) is 5.52. The van der Waals surface area contributed by atoms with Crippen LogP contribution in [0.4, 0.5) is 0 Å². The fourth-order valence-corrected chi connectivity index (χ4v) is 8.44. The summed E-state index contributed by atoms with van der Waals surface area (Å²) >= 11 is 6.35. The largest absolute Gasteiger partial charge is 0.348 e. The second-order valence-corrected chi connectivity index (χ2v) is 12.7. The third-order valence-electron chi connectivity index (χ3n) is 10.2. The zero-order valence-corrected chi connectivity index (χ0v) is 23.8. The van der Waals surface area contributed by atoms with Gasteiger partial charge in [0.15, 0.2) is 0 Å². The maximum atomic E-state index is 14.7. The lowest BCUT2D eigenvalue weighted by molar-refractivity contribution is -0.143. The van der Waals surface area contributed by atoms with Crippen molar-refractivity contribution in [3.63, 3.8) is 0 Å². The molecule has 0 bridgehead atoms. The Bertz CT molecular complexity index is 1200. The van der Waals surface area contributed by atoms with E-state index in [9.17, 15) is 9.59 Å². The number of fused-ring (bicyclic) bond motifs is 2. The van der Waals surface area contributed by atoms with Crippen molar-refractivity contribution >= 4 is 23.4 Å². The van der Waals surface area contributed by atoms with Crippen LogP contribution in [0.15, 0.2) is 42.5 Å². The lowest BCUT2D eigenvalue weighted by Gasteiger charge is -2.48. The Labute approximate surface area is 237 Å². The molecule has 2 saturated heterocycles. The van der Waals surface area contributed by atoms with Crippen molar-refractivity contribution in [1.29, 1.82) is 0 Å². The molecule has 7 heteroatoms. The number of halogens is 1. The van der Waals surface area contributed by atoms with Crippen LogP contribution in [0.25, 0.3) is 0 Å². The van der Waals surface area contributed by atoms with Gasteiger partial charge in [-0.05, 0) is 67.6 Å². The smallest absolute Gasteiger partial charge is 0.228 e. The zero-order valence-electron chi connectivity index (χ0n) is 23.0. The molecule has 1 spiro atoms. The summed E-state index contributed by atoms with van der Waals surface area (Å²) in [5.74, 6) is 1.19. The van der Waals surface area contributed by atoms with Crippen LogP contribution < -0.4 is 10.6 Å². The standard InChI is InChI=1S/C32H41ClN4O2/c1-21(38)35-27-14-16-32(25-12-13-29(33)36-30(25)27)20-34-19-26(32)31(39)37-17-15-24(22-8-4-2-5-9-22)18-28(37)23-10-6-3-7-11-23/h2,4-5,8-9,12-13,23-24,26-28,34H,3,6-7,10-11,14-20H2,1H3,(H,35,38). The summed E-state index contributed by atoms with van der Waals surface area (Å²) in [5.41, 5.74) is 3.00. The third kappa shape index (κ3) is 5.11. The van der Waals surface area contributed by atoms with E-state index in [0.29, 0.717) is 35.5 Å². The molecule has 2 aliphatic carbocycles. The number of aromatic nitrogens is 1. The number of benzene rings is 1. The van der Waals surface area contributed by atoms with Crippen LogP contribution in [0.3, 0.4) is 0 Å². The van der Waals surface area contributed by atoms with Crippen molar-refractivity contribution < 1.29 is 9.59 Å². The van der Waals surface area contributed by atoms with Crippen molar-refractivity contribution in [3.8, 4) is 0 Å². The molecule has 3 fully saturated rings. The van der Waals surface area contributed by atoms with Crippen LogP contribution >= 0.6 is 11.6 Å².